The van der Waals surface area contributed by atoms with E-state index in [2.05, 4.69) is 27.0 Å². The van der Waals surface area contributed by atoms with Crippen LogP contribution in [0.4, 0.5) is 18.9 Å². The third-order valence-corrected chi connectivity index (χ3v) is 8.94. The molecular weight excluding hydrogens is 573 g/mol. The van der Waals surface area contributed by atoms with Crippen LogP contribution in [-0.4, -0.2) is 70.5 Å². The predicted octanol–water partition coefficient (Wildman–Crippen LogP) is 4.44. The Kier molecular flexibility index (Phi) is 8.37. The number of aromatic nitrogens is 2. The second-order valence-electron chi connectivity index (χ2n) is 11.0. The van der Waals surface area contributed by atoms with Crippen LogP contribution in [0.2, 0.25) is 0 Å². The molecule has 14 heteroatoms. The fourth-order valence-corrected chi connectivity index (χ4v) is 6.64. The molecule has 224 valence electrons. The number of primary amides is 1. The van der Waals surface area contributed by atoms with E-state index < -0.39 is 35.5 Å². The predicted molar refractivity (Wildman–Crippen MR) is 150 cm³/mol. The van der Waals surface area contributed by atoms with Crippen LogP contribution in [0, 0.1) is 5.92 Å². The molecule has 5 rings (SSSR count). The van der Waals surface area contributed by atoms with Crippen LogP contribution in [0.3, 0.4) is 0 Å². The van der Waals surface area contributed by atoms with E-state index in [-0.39, 0.29) is 17.6 Å². The van der Waals surface area contributed by atoms with Gasteiger partial charge in [0, 0.05) is 12.5 Å². The van der Waals surface area contributed by atoms with Crippen LogP contribution >= 0.6 is 11.3 Å². The molecule has 0 bridgehead atoms. The van der Waals surface area contributed by atoms with Crippen LogP contribution in [0.15, 0.2) is 30.5 Å². The molecule has 0 saturated carbocycles. The Morgan fingerprint density at radius 2 is 1.86 bits per heavy atom. The fourth-order valence-electron chi connectivity index (χ4n) is 5.53. The van der Waals surface area contributed by atoms with Crippen molar-refractivity contribution in [3.05, 3.63) is 46.6 Å². The molecule has 1 aromatic carbocycles. The Morgan fingerprint density at radius 1 is 1.12 bits per heavy atom. The first-order valence-corrected chi connectivity index (χ1v) is 14.5. The van der Waals surface area contributed by atoms with E-state index >= 15 is 0 Å². The molecule has 42 heavy (non-hydrogen) atoms. The van der Waals surface area contributed by atoms with Gasteiger partial charge in [0.1, 0.15) is 5.56 Å². The molecular formula is C28H31F3N6O4S. The number of halogens is 3. The largest absolute Gasteiger partial charge is 0.574 e. The molecule has 3 amide bonds. The molecule has 3 N–H and O–H groups in total. The second-order valence-corrected chi connectivity index (χ2v) is 12.0. The van der Waals surface area contributed by atoms with Crippen molar-refractivity contribution in [1.29, 1.82) is 0 Å². The van der Waals surface area contributed by atoms with Crippen molar-refractivity contribution >= 4 is 45.0 Å². The number of hydrogen-bond donors (Lipinski definition) is 2. The van der Waals surface area contributed by atoms with E-state index in [0.717, 1.165) is 65.4 Å². The van der Waals surface area contributed by atoms with Crippen molar-refractivity contribution in [3.8, 4) is 5.88 Å². The highest BCUT2D eigenvalue weighted by Crippen LogP contribution is 2.38. The minimum Gasteiger partial charge on any atom is -0.387 e. The molecule has 2 saturated heterocycles. The normalized spacial score (nSPS) is 20.5. The average Bonchev–Trinajstić information content (AvgIpc) is 3.36. The number of likely N-dealkylation sites (tertiary alicyclic amines) is 2. The summed E-state index contributed by atoms with van der Waals surface area (Å²) in [6.07, 6.45) is -0.612. The number of ether oxygens (including phenoxy) is 1. The monoisotopic (exact) mass is 604 g/mol. The number of nitrogens with zero attached hydrogens (tertiary/aromatic N) is 4. The van der Waals surface area contributed by atoms with Crippen molar-refractivity contribution in [2.45, 2.75) is 50.9 Å². The van der Waals surface area contributed by atoms with E-state index in [1.54, 1.807) is 11.3 Å². The van der Waals surface area contributed by atoms with Crippen LogP contribution in [0.1, 0.15) is 65.5 Å². The summed E-state index contributed by atoms with van der Waals surface area (Å²) in [7, 11) is 2.12. The highest BCUT2D eigenvalue weighted by Gasteiger charge is 2.36. The van der Waals surface area contributed by atoms with Gasteiger partial charge < -0.3 is 25.6 Å². The van der Waals surface area contributed by atoms with Gasteiger partial charge in [0.2, 0.25) is 5.88 Å². The SMILES string of the molecule is C[C@H]1CC[C@H](c2ccc3sc(C4CCN(C)CC4)nc3c2)N(C(=O)C(=O)Nc2cnc(OC(F)(F)F)c(C(N)=O)c2)C1. The number of nitrogens with one attached hydrogen (secondary N) is 1. The first-order chi connectivity index (χ1) is 19.9. The third-order valence-electron chi connectivity index (χ3n) is 7.74. The van der Waals surface area contributed by atoms with Gasteiger partial charge in [-0.3, -0.25) is 14.4 Å². The number of thiazole rings is 1. The number of carbonyl (C=O) groups excluding carboxylic acids is 3. The van der Waals surface area contributed by atoms with Crippen LogP contribution in [-0.2, 0) is 9.59 Å². The average molecular weight is 605 g/mol. The first-order valence-electron chi connectivity index (χ1n) is 13.6. The summed E-state index contributed by atoms with van der Waals surface area (Å²) in [4.78, 5) is 50.4. The number of pyridine rings is 1. The molecule has 3 aromatic rings. The number of carbonyl (C=O) groups is 3. The Morgan fingerprint density at radius 3 is 2.55 bits per heavy atom. The van der Waals surface area contributed by atoms with Crippen molar-refractivity contribution in [2.75, 3.05) is 32.0 Å². The Labute approximate surface area is 244 Å². The quantitative estimate of drug-likeness (QED) is 0.412. The van der Waals surface area contributed by atoms with E-state index in [0.29, 0.717) is 18.9 Å². The zero-order valence-corrected chi connectivity index (χ0v) is 23.9. The molecule has 2 aliphatic rings. The van der Waals surface area contributed by atoms with Crippen molar-refractivity contribution in [1.82, 2.24) is 19.8 Å². The van der Waals surface area contributed by atoms with Crippen molar-refractivity contribution in [2.24, 2.45) is 11.7 Å². The zero-order chi connectivity index (χ0) is 30.2. The van der Waals surface area contributed by atoms with Gasteiger partial charge in [0.25, 0.3) is 5.91 Å². The van der Waals surface area contributed by atoms with Gasteiger partial charge in [-0.15, -0.1) is 24.5 Å². The Balaban J connectivity index is 1.35. The molecule has 0 unspecified atom stereocenters. The number of hydrogen-bond acceptors (Lipinski definition) is 8. The van der Waals surface area contributed by atoms with Crippen LogP contribution in [0.5, 0.6) is 5.88 Å². The number of benzene rings is 1. The van der Waals surface area contributed by atoms with Gasteiger partial charge in [-0.25, -0.2) is 9.97 Å². The minimum atomic E-state index is -5.10. The molecule has 2 atom stereocenters. The highest BCUT2D eigenvalue weighted by atomic mass is 32.1. The first kappa shape index (κ1) is 29.7. The van der Waals surface area contributed by atoms with Crippen LogP contribution < -0.4 is 15.8 Å². The maximum Gasteiger partial charge on any atom is 0.574 e. The van der Waals surface area contributed by atoms with Gasteiger partial charge in [0.15, 0.2) is 0 Å². The molecule has 0 spiro atoms. The molecule has 2 aromatic heterocycles. The maximum atomic E-state index is 13.4. The summed E-state index contributed by atoms with van der Waals surface area (Å²) in [6, 6.07) is 6.50. The molecule has 2 aliphatic heterocycles. The smallest absolute Gasteiger partial charge is 0.387 e. The third kappa shape index (κ3) is 6.65. The number of piperidine rings is 2. The van der Waals surface area contributed by atoms with E-state index in [1.807, 2.05) is 25.1 Å². The number of alkyl halides is 3. The minimum absolute atomic E-state index is 0.152. The van der Waals surface area contributed by atoms with Gasteiger partial charge in [-0.2, -0.15) is 0 Å². The Bertz CT molecular complexity index is 1500. The number of amides is 3. The molecule has 2 fully saturated rings. The van der Waals surface area contributed by atoms with E-state index in [1.165, 1.54) is 4.90 Å². The van der Waals surface area contributed by atoms with Crippen molar-refractivity contribution < 1.29 is 32.3 Å². The standard InChI is InChI=1S/C28H31F3N6O4S/c1-15-3-5-21(17-4-6-22-20(11-17)35-26(42-22)16-7-9-36(2)10-8-16)37(14-15)27(40)24(39)34-18-12-19(23(32)38)25(33-13-18)41-28(29,30)31/h4,6,11-13,15-16,21H,3,5,7-10,14H2,1-2H3,(H2,32,38)(H,34,39)/t15-,21+/m0/s1. The number of fused-ring (bicyclic) bond motifs is 1. The van der Waals surface area contributed by atoms with Crippen molar-refractivity contribution in [3.63, 3.8) is 0 Å². The zero-order valence-electron chi connectivity index (χ0n) is 23.1. The van der Waals surface area contributed by atoms with E-state index in [4.69, 9.17) is 10.7 Å². The number of rotatable bonds is 5. The molecule has 4 heterocycles. The summed E-state index contributed by atoms with van der Waals surface area (Å²) in [6.45, 7) is 4.41. The lowest BCUT2D eigenvalue weighted by molar-refractivity contribution is -0.276. The lowest BCUT2D eigenvalue weighted by atomic mass is 9.89. The van der Waals surface area contributed by atoms with E-state index in [9.17, 15) is 27.6 Å². The number of anilines is 1. The summed E-state index contributed by atoms with van der Waals surface area (Å²) in [5, 5.41) is 3.45. The van der Waals surface area contributed by atoms with Gasteiger partial charge in [0.05, 0.1) is 33.2 Å². The highest BCUT2D eigenvalue weighted by molar-refractivity contribution is 7.18. The Hall–Kier alpha value is -3.78. The summed E-state index contributed by atoms with van der Waals surface area (Å²) >= 11 is 1.70. The summed E-state index contributed by atoms with van der Waals surface area (Å²) in [5.41, 5.74) is 6.05. The van der Waals surface area contributed by atoms with Gasteiger partial charge in [-0.1, -0.05) is 13.0 Å². The lowest BCUT2D eigenvalue weighted by Crippen LogP contribution is -2.46. The fraction of sp³-hybridized carbons (Fsp3) is 0.464. The summed E-state index contributed by atoms with van der Waals surface area (Å²) < 4.78 is 42.8. The molecule has 0 radical (unpaired) electrons. The molecule has 10 nitrogen and oxygen atoms in total. The van der Waals surface area contributed by atoms with Gasteiger partial charge >= 0.3 is 18.2 Å². The van der Waals surface area contributed by atoms with Crippen LogP contribution in [0.25, 0.3) is 10.2 Å². The number of nitrogens with two attached hydrogens (primary N) is 1. The summed E-state index contributed by atoms with van der Waals surface area (Å²) in [5.74, 6) is -3.55. The second kappa shape index (κ2) is 11.8. The topological polar surface area (TPSA) is 131 Å². The maximum absolute atomic E-state index is 13.4. The van der Waals surface area contributed by atoms with Gasteiger partial charge in [-0.05, 0) is 75.5 Å². The molecule has 0 aliphatic carbocycles. The lowest BCUT2D eigenvalue weighted by Gasteiger charge is -2.38.